The molecule has 0 radical (unpaired) electrons. The van der Waals surface area contributed by atoms with Gasteiger partial charge in [-0.1, -0.05) is 23.7 Å². The van der Waals surface area contributed by atoms with Gasteiger partial charge >= 0.3 is 7.60 Å². The molecule has 0 amide bonds. The molecule has 1 N–H and O–H groups in total. The molecule has 0 bridgehead atoms. The van der Waals surface area contributed by atoms with Crippen molar-refractivity contribution in [3.63, 3.8) is 0 Å². The van der Waals surface area contributed by atoms with E-state index in [0.717, 1.165) is 14.2 Å². The standard InChI is InChI=1S/C12H16ClO5P/c1-12(15,19(16,17-2)18-3)8-11(14)9-6-4-5-7-10(9)13/h4-7,15H,8H2,1-3H3/t12-/m1/s1. The number of hydrogen-bond donors (Lipinski definition) is 1. The molecule has 106 valence electrons. The van der Waals surface area contributed by atoms with Crippen LogP contribution in [0.25, 0.3) is 0 Å². The highest BCUT2D eigenvalue weighted by Gasteiger charge is 2.46. The van der Waals surface area contributed by atoms with E-state index in [-0.39, 0.29) is 10.6 Å². The Morgan fingerprint density at radius 3 is 2.37 bits per heavy atom. The van der Waals surface area contributed by atoms with E-state index >= 15 is 0 Å². The van der Waals surface area contributed by atoms with Gasteiger partial charge in [-0.05, 0) is 19.1 Å². The summed E-state index contributed by atoms with van der Waals surface area (Å²) in [6, 6.07) is 6.44. The van der Waals surface area contributed by atoms with Crippen LogP contribution in [0.3, 0.4) is 0 Å². The summed E-state index contributed by atoms with van der Waals surface area (Å²) < 4.78 is 21.6. The predicted octanol–water partition coefficient (Wildman–Crippen LogP) is 3.11. The van der Waals surface area contributed by atoms with Crippen molar-refractivity contribution >= 4 is 25.0 Å². The van der Waals surface area contributed by atoms with Crippen molar-refractivity contribution in [2.75, 3.05) is 14.2 Å². The van der Waals surface area contributed by atoms with Gasteiger partial charge in [0.2, 0.25) is 0 Å². The third-order valence-corrected chi connectivity index (χ3v) is 5.37. The van der Waals surface area contributed by atoms with E-state index in [1.165, 1.54) is 13.0 Å². The molecule has 0 saturated carbocycles. The topological polar surface area (TPSA) is 72.8 Å². The zero-order valence-electron chi connectivity index (χ0n) is 10.9. The van der Waals surface area contributed by atoms with Crippen molar-refractivity contribution in [2.24, 2.45) is 0 Å². The molecule has 1 atom stereocenters. The van der Waals surface area contributed by atoms with Crippen LogP contribution in [0.4, 0.5) is 0 Å². The lowest BCUT2D eigenvalue weighted by Crippen LogP contribution is -2.29. The first-order valence-electron chi connectivity index (χ1n) is 5.49. The molecule has 0 aliphatic carbocycles. The number of rotatable bonds is 6. The quantitative estimate of drug-likeness (QED) is 0.646. The number of hydrogen-bond acceptors (Lipinski definition) is 5. The second kappa shape index (κ2) is 6.16. The Hall–Kier alpha value is -0.710. The summed E-state index contributed by atoms with van der Waals surface area (Å²) in [4.78, 5) is 12.1. The second-order valence-electron chi connectivity index (χ2n) is 4.16. The molecule has 0 aliphatic heterocycles. The van der Waals surface area contributed by atoms with Crippen LogP contribution in [0.5, 0.6) is 0 Å². The van der Waals surface area contributed by atoms with Crippen LogP contribution < -0.4 is 0 Å². The lowest BCUT2D eigenvalue weighted by atomic mass is 10.1. The molecular weight excluding hydrogens is 291 g/mol. The SMILES string of the molecule is COP(=O)(OC)[C@@](C)(O)CC(=O)c1ccccc1Cl. The lowest BCUT2D eigenvalue weighted by Gasteiger charge is -2.29. The fourth-order valence-corrected chi connectivity index (χ4v) is 3.17. The number of aliphatic hydroxyl groups is 1. The molecule has 0 spiro atoms. The van der Waals surface area contributed by atoms with Gasteiger partial charge in [0.15, 0.2) is 11.1 Å². The maximum atomic E-state index is 12.1. The molecule has 0 unspecified atom stereocenters. The van der Waals surface area contributed by atoms with E-state index in [1.807, 2.05) is 0 Å². The summed E-state index contributed by atoms with van der Waals surface area (Å²) >= 11 is 5.90. The van der Waals surface area contributed by atoms with Crippen molar-refractivity contribution in [3.05, 3.63) is 34.9 Å². The fourth-order valence-electron chi connectivity index (χ4n) is 1.65. The summed E-state index contributed by atoms with van der Waals surface area (Å²) in [6.07, 6.45) is -0.421. The number of carbonyl (C=O) groups is 1. The lowest BCUT2D eigenvalue weighted by molar-refractivity contribution is 0.0685. The first-order valence-corrected chi connectivity index (χ1v) is 7.41. The molecule has 0 aliphatic rings. The highest BCUT2D eigenvalue weighted by Crippen LogP contribution is 2.59. The minimum absolute atomic E-state index is 0.253. The molecule has 7 heteroatoms. The van der Waals surface area contributed by atoms with Gasteiger partial charge in [-0.25, -0.2) is 0 Å². The Balaban J connectivity index is 2.99. The molecule has 0 aromatic heterocycles. The average Bonchev–Trinajstić information content (AvgIpc) is 2.37. The minimum atomic E-state index is -3.78. The van der Waals surface area contributed by atoms with Crippen molar-refractivity contribution in [3.8, 4) is 0 Å². The minimum Gasteiger partial charge on any atom is -0.377 e. The molecule has 0 saturated heterocycles. The van der Waals surface area contributed by atoms with E-state index in [4.69, 9.17) is 20.6 Å². The maximum absolute atomic E-state index is 12.1. The van der Waals surface area contributed by atoms with Gasteiger partial charge in [-0.15, -0.1) is 0 Å². The van der Waals surface area contributed by atoms with Gasteiger partial charge in [-0.2, -0.15) is 0 Å². The maximum Gasteiger partial charge on any atom is 0.361 e. The van der Waals surface area contributed by atoms with Crippen LogP contribution in [-0.4, -0.2) is 30.5 Å². The molecule has 1 aromatic carbocycles. The first-order chi connectivity index (χ1) is 8.77. The Labute approximate surface area is 117 Å². The largest absolute Gasteiger partial charge is 0.377 e. The monoisotopic (exact) mass is 306 g/mol. The highest BCUT2D eigenvalue weighted by molar-refractivity contribution is 7.55. The number of ketones is 1. The molecule has 0 fully saturated rings. The van der Waals surface area contributed by atoms with Gasteiger partial charge in [-0.3, -0.25) is 9.36 Å². The van der Waals surface area contributed by atoms with E-state index in [0.29, 0.717) is 0 Å². The zero-order chi connectivity index (χ0) is 14.7. The predicted molar refractivity (Wildman–Crippen MR) is 72.6 cm³/mol. The third-order valence-electron chi connectivity index (χ3n) is 2.74. The Morgan fingerprint density at radius 1 is 1.37 bits per heavy atom. The van der Waals surface area contributed by atoms with Crippen LogP contribution in [-0.2, 0) is 13.6 Å². The Morgan fingerprint density at radius 2 is 1.89 bits per heavy atom. The molecule has 5 nitrogen and oxygen atoms in total. The molecule has 0 heterocycles. The van der Waals surface area contributed by atoms with Crippen molar-refractivity contribution < 1.29 is 23.5 Å². The second-order valence-corrected chi connectivity index (χ2v) is 7.26. The van der Waals surface area contributed by atoms with E-state index in [2.05, 4.69) is 0 Å². The fraction of sp³-hybridized carbons (Fsp3) is 0.417. The third kappa shape index (κ3) is 3.44. The smallest absolute Gasteiger partial charge is 0.361 e. The highest BCUT2D eigenvalue weighted by atomic mass is 35.5. The van der Waals surface area contributed by atoms with E-state index in [1.54, 1.807) is 18.2 Å². The van der Waals surface area contributed by atoms with Crippen LogP contribution in [0.15, 0.2) is 24.3 Å². The van der Waals surface area contributed by atoms with Gasteiger partial charge in [0, 0.05) is 19.8 Å². The summed E-state index contributed by atoms with van der Waals surface area (Å²) in [5.41, 5.74) is 0.253. The molecule has 1 aromatic rings. The van der Waals surface area contributed by atoms with Crippen LogP contribution in [0.2, 0.25) is 5.02 Å². The Kier molecular flexibility index (Phi) is 5.30. The van der Waals surface area contributed by atoms with Gasteiger partial charge in [0.05, 0.1) is 11.4 Å². The van der Waals surface area contributed by atoms with Gasteiger partial charge in [0.1, 0.15) is 0 Å². The van der Waals surface area contributed by atoms with Gasteiger partial charge in [0.25, 0.3) is 0 Å². The van der Waals surface area contributed by atoms with Crippen molar-refractivity contribution in [2.45, 2.75) is 18.7 Å². The van der Waals surface area contributed by atoms with Crippen LogP contribution in [0.1, 0.15) is 23.7 Å². The summed E-state index contributed by atoms with van der Waals surface area (Å²) in [5.74, 6) is -0.440. The normalized spacial score (nSPS) is 15.0. The molecule has 1 rings (SSSR count). The first kappa shape index (κ1) is 16.3. The zero-order valence-corrected chi connectivity index (χ0v) is 12.6. The number of benzene rings is 1. The van der Waals surface area contributed by atoms with Crippen molar-refractivity contribution in [1.82, 2.24) is 0 Å². The summed E-state index contributed by atoms with van der Waals surface area (Å²) in [5, 5.41) is 8.53. The number of halogens is 1. The van der Waals surface area contributed by atoms with E-state index < -0.39 is 25.1 Å². The molecule has 19 heavy (non-hydrogen) atoms. The number of carbonyl (C=O) groups excluding carboxylic acids is 1. The average molecular weight is 307 g/mol. The molecular formula is C12H16ClO5P. The van der Waals surface area contributed by atoms with Crippen molar-refractivity contribution in [1.29, 1.82) is 0 Å². The van der Waals surface area contributed by atoms with Gasteiger partial charge < -0.3 is 14.2 Å². The van der Waals surface area contributed by atoms with Crippen LogP contribution >= 0.6 is 19.2 Å². The van der Waals surface area contributed by atoms with Crippen LogP contribution in [0, 0.1) is 0 Å². The number of Topliss-reactive ketones (excluding diaryl/α,β-unsaturated/α-hetero) is 1. The van der Waals surface area contributed by atoms with E-state index in [9.17, 15) is 14.5 Å². The summed E-state index contributed by atoms with van der Waals surface area (Å²) in [6.45, 7) is 1.23. The Bertz CT molecular complexity index is 507. The summed E-state index contributed by atoms with van der Waals surface area (Å²) in [7, 11) is -1.48.